The molecule has 0 spiro atoms. The summed E-state index contributed by atoms with van der Waals surface area (Å²) in [7, 11) is 0. The largest absolute Gasteiger partial charge is 0.490 e. The first-order valence-corrected chi connectivity index (χ1v) is 6.95. The number of carbonyl (C=O) groups is 1. The molecule has 0 radical (unpaired) electrons. The van der Waals surface area contributed by atoms with Crippen LogP contribution in [0.1, 0.15) is 44.7 Å². The molecule has 0 aromatic heterocycles. The van der Waals surface area contributed by atoms with E-state index in [1.807, 2.05) is 32.0 Å². The Morgan fingerprint density at radius 3 is 2.50 bits per heavy atom. The lowest BCUT2D eigenvalue weighted by atomic mass is 10.0. The molecule has 3 N–H and O–H groups in total. The van der Waals surface area contributed by atoms with E-state index in [4.69, 9.17) is 20.3 Å². The molecule has 1 aromatic rings. The molecule has 0 saturated carbocycles. The van der Waals surface area contributed by atoms with Gasteiger partial charge in [0.15, 0.2) is 11.5 Å². The number of carboxylic acids is 1. The third-order valence-electron chi connectivity index (χ3n) is 2.90. The van der Waals surface area contributed by atoms with Crippen LogP contribution in [0, 0.1) is 0 Å². The fourth-order valence-corrected chi connectivity index (χ4v) is 1.94. The average molecular weight is 281 g/mol. The summed E-state index contributed by atoms with van der Waals surface area (Å²) in [6, 6.07) is 5.43. The molecule has 20 heavy (non-hydrogen) atoms. The lowest BCUT2D eigenvalue weighted by Crippen LogP contribution is -2.11. The van der Waals surface area contributed by atoms with Gasteiger partial charge in [-0.25, -0.2) is 0 Å². The van der Waals surface area contributed by atoms with Crippen molar-refractivity contribution in [3.8, 4) is 11.5 Å². The number of hydrogen-bond donors (Lipinski definition) is 2. The number of benzene rings is 1. The first-order valence-electron chi connectivity index (χ1n) is 6.95. The van der Waals surface area contributed by atoms with Crippen molar-refractivity contribution in [2.24, 2.45) is 5.73 Å². The maximum atomic E-state index is 10.5. The van der Waals surface area contributed by atoms with Gasteiger partial charge >= 0.3 is 5.97 Å². The number of aliphatic carboxylic acids is 1. The molecule has 0 saturated heterocycles. The molecule has 0 aliphatic heterocycles. The Labute approximate surface area is 119 Å². The molecule has 0 aliphatic rings. The van der Waals surface area contributed by atoms with Crippen LogP contribution in [0.25, 0.3) is 0 Å². The molecule has 1 unspecified atom stereocenters. The van der Waals surface area contributed by atoms with Crippen LogP contribution in [-0.4, -0.2) is 24.3 Å². The summed E-state index contributed by atoms with van der Waals surface area (Å²) in [5, 5.41) is 8.63. The third-order valence-corrected chi connectivity index (χ3v) is 2.90. The number of ether oxygens (including phenoxy) is 2. The van der Waals surface area contributed by atoms with Crippen LogP contribution in [0.3, 0.4) is 0 Å². The first kappa shape index (κ1) is 16.3. The van der Waals surface area contributed by atoms with E-state index in [2.05, 4.69) is 0 Å². The Bertz CT molecular complexity index is 434. The summed E-state index contributed by atoms with van der Waals surface area (Å²) in [6.45, 7) is 4.96. The molecule has 1 atom stereocenters. The Kier molecular flexibility index (Phi) is 6.87. The van der Waals surface area contributed by atoms with Gasteiger partial charge in [0.2, 0.25) is 0 Å². The van der Waals surface area contributed by atoms with Crippen LogP contribution in [0.15, 0.2) is 18.2 Å². The zero-order valence-electron chi connectivity index (χ0n) is 12.1. The summed E-state index contributed by atoms with van der Waals surface area (Å²) in [5.41, 5.74) is 7.01. The number of nitrogens with two attached hydrogens (primary N) is 1. The SMILES string of the molecule is CCOc1ccc(C(N)CCCC(=O)O)cc1OCC. The van der Waals surface area contributed by atoms with E-state index in [0.29, 0.717) is 37.6 Å². The van der Waals surface area contributed by atoms with Crippen molar-refractivity contribution in [2.75, 3.05) is 13.2 Å². The summed E-state index contributed by atoms with van der Waals surface area (Å²) in [5.74, 6) is 0.593. The molecule has 0 amide bonds. The molecule has 0 aliphatic carbocycles. The maximum absolute atomic E-state index is 10.5. The fourth-order valence-electron chi connectivity index (χ4n) is 1.94. The number of carboxylic acid groups (broad SMARTS) is 1. The first-order chi connectivity index (χ1) is 9.58. The van der Waals surface area contributed by atoms with E-state index >= 15 is 0 Å². The molecule has 5 nitrogen and oxygen atoms in total. The van der Waals surface area contributed by atoms with Gasteiger partial charge in [-0.05, 0) is 44.4 Å². The van der Waals surface area contributed by atoms with Gasteiger partial charge < -0.3 is 20.3 Å². The van der Waals surface area contributed by atoms with Crippen molar-refractivity contribution in [1.29, 1.82) is 0 Å². The molecule has 112 valence electrons. The van der Waals surface area contributed by atoms with Crippen molar-refractivity contribution < 1.29 is 19.4 Å². The fraction of sp³-hybridized carbons (Fsp3) is 0.533. The van der Waals surface area contributed by atoms with E-state index in [1.54, 1.807) is 0 Å². The van der Waals surface area contributed by atoms with E-state index in [0.717, 1.165) is 5.56 Å². The molecule has 1 aromatic carbocycles. The highest BCUT2D eigenvalue weighted by atomic mass is 16.5. The minimum absolute atomic E-state index is 0.142. The standard InChI is InChI=1S/C15H23NO4/c1-3-19-13-9-8-11(10-14(13)20-4-2)12(16)6-5-7-15(17)18/h8-10,12H,3-7,16H2,1-2H3,(H,17,18). The van der Waals surface area contributed by atoms with Gasteiger partial charge in [-0.3, -0.25) is 4.79 Å². The summed E-state index contributed by atoms with van der Waals surface area (Å²) >= 11 is 0. The van der Waals surface area contributed by atoms with Gasteiger partial charge in [0.1, 0.15) is 0 Å². The zero-order chi connectivity index (χ0) is 15.0. The Balaban J connectivity index is 2.73. The monoisotopic (exact) mass is 281 g/mol. The number of hydrogen-bond acceptors (Lipinski definition) is 4. The van der Waals surface area contributed by atoms with E-state index in [9.17, 15) is 4.79 Å². The summed E-state index contributed by atoms with van der Waals surface area (Å²) in [4.78, 5) is 10.5. The molecule has 0 heterocycles. The molecular weight excluding hydrogens is 258 g/mol. The lowest BCUT2D eigenvalue weighted by molar-refractivity contribution is -0.137. The molecule has 1 rings (SSSR count). The lowest BCUT2D eigenvalue weighted by Gasteiger charge is -2.16. The van der Waals surface area contributed by atoms with Crippen molar-refractivity contribution in [2.45, 2.75) is 39.2 Å². The molecule has 0 fully saturated rings. The highest BCUT2D eigenvalue weighted by Crippen LogP contribution is 2.31. The van der Waals surface area contributed by atoms with Crippen molar-refractivity contribution in [3.63, 3.8) is 0 Å². The smallest absolute Gasteiger partial charge is 0.303 e. The topological polar surface area (TPSA) is 81.8 Å². The third kappa shape index (κ3) is 5.09. The van der Waals surface area contributed by atoms with E-state index in [-0.39, 0.29) is 12.5 Å². The maximum Gasteiger partial charge on any atom is 0.303 e. The van der Waals surface area contributed by atoms with Crippen LogP contribution >= 0.6 is 0 Å². The number of rotatable bonds is 9. The Morgan fingerprint density at radius 1 is 1.25 bits per heavy atom. The van der Waals surface area contributed by atoms with Crippen LogP contribution in [0.4, 0.5) is 0 Å². The zero-order valence-corrected chi connectivity index (χ0v) is 12.1. The van der Waals surface area contributed by atoms with Crippen molar-refractivity contribution in [1.82, 2.24) is 0 Å². The minimum atomic E-state index is -0.793. The summed E-state index contributed by atoms with van der Waals surface area (Å²) in [6.07, 6.45) is 1.34. The second-order valence-corrected chi connectivity index (χ2v) is 4.46. The van der Waals surface area contributed by atoms with Gasteiger partial charge in [0.05, 0.1) is 13.2 Å². The molecular formula is C15H23NO4. The van der Waals surface area contributed by atoms with Crippen LogP contribution in [-0.2, 0) is 4.79 Å². The molecule has 5 heteroatoms. The Morgan fingerprint density at radius 2 is 1.90 bits per heavy atom. The quantitative estimate of drug-likeness (QED) is 0.727. The summed E-state index contributed by atoms with van der Waals surface area (Å²) < 4.78 is 11.0. The predicted octanol–water partition coefficient (Wildman–Crippen LogP) is 2.74. The van der Waals surface area contributed by atoms with Crippen molar-refractivity contribution >= 4 is 5.97 Å². The minimum Gasteiger partial charge on any atom is -0.490 e. The highest BCUT2D eigenvalue weighted by molar-refractivity contribution is 5.66. The van der Waals surface area contributed by atoms with Gasteiger partial charge in [0, 0.05) is 12.5 Å². The van der Waals surface area contributed by atoms with Crippen LogP contribution < -0.4 is 15.2 Å². The second-order valence-electron chi connectivity index (χ2n) is 4.46. The Hall–Kier alpha value is -1.75. The van der Waals surface area contributed by atoms with E-state index in [1.165, 1.54) is 0 Å². The van der Waals surface area contributed by atoms with Gasteiger partial charge in [-0.15, -0.1) is 0 Å². The van der Waals surface area contributed by atoms with E-state index < -0.39 is 5.97 Å². The highest BCUT2D eigenvalue weighted by Gasteiger charge is 2.12. The molecule has 0 bridgehead atoms. The predicted molar refractivity (Wildman–Crippen MR) is 77.2 cm³/mol. The van der Waals surface area contributed by atoms with Crippen LogP contribution in [0.2, 0.25) is 0 Å². The van der Waals surface area contributed by atoms with Gasteiger partial charge in [-0.2, -0.15) is 0 Å². The van der Waals surface area contributed by atoms with Gasteiger partial charge in [0.25, 0.3) is 0 Å². The normalized spacial score (nSPS) is 11.9. The van der Waals surface area contributed by atoms with Crippen LogP contribution in [0.5, 0.6) is 11.5 Å². The second kappa shape index (κ2) is 8.43. The van der Waals surface area contributed by atoms with Crippen molar-refractivity contribution in [3.05, 3.63) is 23.8 Å². The average Bonchev–Trinajstić information content (AvgIpc) is 2.40. The van der Waals surface area contributed by atoms with Gasteiger partial charge in [-0.1, -0.05) is 6.07 Å².